The molecule has 0 bridgehead atoms. The fraction of sp³-hybridized carbons (Fsp3) is 0.294. The monoisotopic (exact) mass is 313 g/mol. The summed E-state index contributed by atoms with van der Waals surface area (Å²) >= 11 is 1.56. The maximum atomic E-state index is 12.2. The van der Waals surface area contributed by atoms with Gasteiger partial charge in [0.15, 0.2) is 0 Å². The molecule has 0 fully saturated rings. The molecule has 0 aliphatic heterocycles. The van der Waals surface area contributed by atoms with Gasteiger partial charge in [0.05, 0.1) is 11.9 Å². The summed E-state index contributed by atoms with van der Waals surface area (Å²) in [4.78, 5) is 21.5. The summed E-state index contributed by atoms with van der Waals surface area (Å²) in [6.07, 6.45) is 2.28. The number of H-pyrrole nitrogens is 1. The third kappa shape index (κ3) is 3.26. The zero-order chi connectivity index (χ0) is 15.4. The molecule has 0 radical (unpaired) electrons. The van der Waals surface area contributed by atoms with Crippen LogP contribution in [0.1, 0.15) is 25.6 Å². The topological polar surface area (TPSA) is 57.8 Å². The van der Waals surface area contributed by atoms with Crippen LogP contribution in [-0.2, 0) is 6.54 Å². The minimum absolute atomic E-state index is 0.0595. The molecule has 1 aromatic carbocycles. The van der Waals surface area contributed by atoms with Crippen LogP contribution in [0.4, 0.5) is 0 Å². The minimum Gasteiger partial charge on any atom is -0.310 e. The lowest BCUT2D eigenvalue weighted by Gasteiger charge is -2.02. The number of fused-ring (bicyclic) bond motifs is 1. The number of aromatic nitrogens is 2. The Morgan fingerprint density at radius 1 is 1.27 bits per heavy atom. The zero-order valence-corrected chi connectivity index (χ0v) is 13.4. The van der Waals surface area contributed by atoms with E-state index < -0.39 is 0 Å². The predicted molar refractivity (Wildman–Crippen MR) is 92.3 cm³/mol. The summed E-state index contributed by atoms with van der Waals surface area (Å²) in [6, 6.07) is 12.0. The van der Waals surface area contributed by atoms with Gasteiger partial charge in [-0.25, -0.2) is 4.98 Å². The predicted octanol–water partition coefficient (Wildman–Crippen LogP) is 3.54. The number of hydrogen-bond acceptors (Lipinski definition) is 4. The van der Waals surface area contributed by atoms with Crippen LogP contribution in [0.2, 0.25) is 0 Å². The van der Waals surface area contributed by atoms with Gasteiger partial charge in [-0.05, 0) is 24.6 Å². The van der Waals surface area contributed by atoms with Crippen LogP contribution in [0.5, 0.6) is 0 Å². The van der Waals surface area contributed by atoms with Gasteiger partial charge in [0, 0.05) is 4.88 Å². The molecule has 3 rings (SSSR count). The van der Waals surface area contributed by atoms with E-state index in [1.807, 2.05) is 36.4 Å². The molecule has 0 unspecified atom stereocenters. The van der Waals surface area contributed by atoms with E-state index in [0.29, 0.717) is 17.8 Å². The molecule has 2 N–H and O–H groups in total. The third-order valence-corrected chi connectivity index (χ3v) is 4.59. The summed E-state index contributed by atoms with van der Waals surface area (Å²) < 4.78 is 0. The molecule has 0 aliphatic carbocycles. The molecule has 0 saturated carbocycles. The molecular weight excluding hydrogens is 294 g/mol. The average molecular weight is 313 g/mol. The Morgan fingerprint density at radius 2 is 2.09 bits per heavy atom. The number of benzene rings is 1. The second kappa shape index (κ2) is 6.85. The Balaban J connectivity index is 1.88. The van der Waals surface area contributed by atoms with Gasteiger partial charge in [0.1, 0.15) is 10.7 Å². The van der Waals surface area contributed by atoms with Gasteiger partial charge in [0.2, 0.25) is 0 Å². The molecule has 0 aliphatic rings. The van der Waals surface area contributed by atoms with Crippen molar-refractivity contribution >= 4 is 21.6 Å². The SMILES string of the molecule is CCCCNCc1nc2sc(-c3ccccc3)cc2c(=O)[nH]1. The first kappa shape index (κ1) is 14.9. The van der Waals surface area contributed by atoms with Crippen LogP contribution in [-0.4, -0.2) is 16.5 Å². The second-order valence-corrected chi connectivity index (χ2v) is 6.27. The van der Waals surface area contributed by atoms with Gasteiger partial charge >= 0.3 is 0 Å². The molecule has 114 valence electrons. The van der Waals surface area contributed by atoms with E-state index >= 15 is 0 Å². The first-order valence-electron chi connectivity index (χ1n) is 7.57. The number of unbranched alkanes of at least 4 members (excludes halogenated alkanes) is 1. The Kier molecular flexibility index (Phi) is 4.65. The molecule has 2 heterocycles. The maximum Gasteiger partial charge on any atom is 0.259 e. The molecule has 0 amide bonds. The normalized spacial score (nSPS) is 11.1. The number of nitrogens with one attached hydrogen (secondary N) is 2. The second-order valence-electron chi connectivity index (χ2n) is 5.24. The van der Waals surface area contributed by atoms with Gasteiger partial charge < -0.3 is 10.3 Å². The van der Waals surface area contributed by atoms with Crippen molar-refractivity contribution in [2.75, 3.05) is 6.54 Å². The van der Waals surface area contributed by atoms with Gasteiger partial charge in [-0.15, -0.1) is 11.3 Å². The Bertz CT molecular complexity index is 808. The number of aromatic amines is 1. The lowest BCUT2D eigenvalue weighted by Crippen LogP contribution is -2.19. The number of rotatable bonds is 6. The van der Waals surface area contributed by atoms with Crippen molar-refractivity contribution in [3.05, 3.63) is 52.6 Å². The van der Waals surface area contributed by atoms with E-state index in [-0.39, 0.29) is 5.56 Å². The standard InChI is InChI=1S/C17H19N3OS/c1-2-3-9-18-11-15-19-16(21)13-10-14(22-17(13)20-15)12-7-5-4-6-8-12/h4-8,10,18H,2-3,9,11H2,1H3,(H,19,20,21). The molecule has 22 heavy (non-hydrogen) atoms. The fourth-order valence-electron chi connectivity index (χ4n) is 2.31. The van der Waals surface area contributed by atoms with Gasteiger partial charge in [-0.2, -0.15) is 0 Å². The Hall–Kier alpha value is -1.98. The van der Waals surface area contributed by atoms with Crippen LogP contribution < -0.4 is 10.9 Å². The van der Waals surface area contributed by atoms with E-state index in [1.54, 1.807) is 11.3 Å². The molecule has 3 aromatic rings. The summed E-state index contributed by atoms with van der Waals surface area (Å²) in [7, 11) is 0. The van der Waals surface area contributed by atoms with E-state index in [0.717, 1.165) is 34.7 Å². The summed E-state index contributed by atoms with van der Waals surface area (Å²) in [6.45, 7) is 3.70. The smallest absolute Gasteiger partial charge is 0.259 e. The van der Waals surface area contributed by atoms with E-state index in [2.05, 4.69) is 22.2 Å². The highest BCUT2D eigenvalue weighted by Gasteiger charge is 2.09. The van der Waals surface area contributed by atoms with Crippen molar-refractivity contribution < 1.29 is 0 Å². The van der Waals surface area contributed by atoms with Crippen molar-refractivity contribution in [2.45, 2.75) is 26.3 Å². The molecule has 0 atom stereocenters. The first-order chi connectivity index (χ1) is 10.8. The first-order valence-corrected chi connectivity index (χ1v) is 8.38. The Morgan fingerprint density at radius 3 is 2.86 bits per heavy atom. The van der Waals surface area contributed by atoms with Crippen molar-refractivity contribution in [1.29, 1.82) is 0 Å². The summed E-state index contributed by atoms with van der Waals surface area (Å²) in [5.74, 6) is 0.704. The molecule has 0 spiro atoms. The molecule has 2 aromatic heterocycles. The lowest BCUT2D eigenvalue weighted by molar-refractivity contribution is 0.623. The average Bonchev–Trinajstić information content (AvgIpc) is 2.97. The van der Waals surface area contributed by atoms with Crippen LogP contribution in [0.25, 0.3) is 20.7 Å². The fourth-order valence-corrected chi connectivity index (χ4v) is 3.37. The maximum absolute atomic E-state index is 12.2. The quantitative estimate of drug-likeness (QED) is 0.684. The van der Waals surface area contributed by atoms with Crippen LogP contribution in [0.15, 0.2) is 41.2 Å². The van der Waals surface area contributed by atoms with E-state index in [9.17, 15) is 4.79 Å². The number of thiophene rings is 1. The molecule has 5 heteroatoms. The molecule has 0 saturated heterocycles. The summed E-state index contributed by atoms with van der Waals surface area (Å²) in [5.41, 5.74) is 1.06. The van der Waals surface area contributed by atoms with Crippen LogP contribution >= 0.6 is 11.3 Å². The largest absolute Gasteiger partial charge is 0.310 e. The third-order valence-electron chi connectivity index (χ3n) is 3.51. The van der Waals surface area contributed by atoms with Gasteiger partial charge in [0.25, 0.3) is 5.56 Å². The van der Waals surface area contributed by atoms with Crippen molar-refractivity contribution in [3.8, 4) is 10.4 Å². The lowest BCUT2D eigenvalue weighted by atomic mass is 10.2. The van der Waals surface area contributed by atoms with Crippen LogP contribution in [0, 0.1) is 0 Å². The van der Waals surface area contributed by atoms with E-state index in [1.165, 1.54) is 0 Å². The van der Waals surface area contributed by atoms with Gasteiger partial charge in [-0.1, -0.05) is 43.7 Å². The van der Waals surface area contributed by atoms with E-state index in [4.69, 9.17) is 0 Å². The molecular formula is C17H19N3OS. The van der Waals surface area contributed by atoms with Crippen molar-refractivity contribution in [2.24, 2.45) is 0 Å². The highest BCUT2D eigenvalue weighted by molar-refractivity contribution is 7.21. The summed E-state index contributed by atoms with van der Waals surface area (Å²) in [5, 5.41) is 3.97. The highest BCUT2D eigenvalue weighted by atomic mass is 32.1. The zero-order valence-electron chi connectivity index (χ0n) is 12.6. The minimum atomic E-state index is -0.0595. The van der Waals surface area contributed by atoms with Gasteiger partial charge in [-0.3, -0.25) is 4.79 Å². The number of nitrogens with zero attached hydrogens (tertiary/aromatic N) is 1. The van der Waals surface area contributed by atoms with Crippen LogP contribution in [0.3, 0.4) is 0 Å². The highest BCUT2D eigenvalue weighted by Crippen LogP contribution is 2.30. The molecule has 4 nitrogen and oxygen atoms in total. The van der Waals surface area contributed by atoms with Crippen molar-refractivity contribution in [3.63, 3.8) is 0 Å². The Labute approximate surface area is 133 Å². The number of hydrogen-bond donors (Lipinski definition) is 2. The van der Waals surface area contributed by atoms with Crippen molar-refractivity contribution in [1.82, 2.24) is 15.3 Å².